The van der Waals surface area contributed by atoms with Gasteiger partial charge in [0.05, 0.1) is 4.88 Å². The number of hydrogen-bond donors (Lipinski definition) is 0. The van der Waals surface area contributed by atoms with Crippen LogP contribution >= 0.6 is 11.3 Å². The highest BCUT2D eigenvalue weighted by Gasteiger charge is 2.35. The first-order chi connectivity index (χ1) is 7.40. The molecule has 0 aliphatic rings. The van der Waals surface area contributed by atoms with Gasteiger partial charge in [0.25, 0.3) is 0 Å². The second-order valence-corrected chi connectivity index (χ2v) is 4.05. The zero-order valence-corrected chi connectivity index (χ0v) is 9.58. The van der Waals surface area contributed by atoms with Crippen LogP contribution in [0.5, 0.6) is 0 Å². The smallest absolute Gasteiger partial charge is 0.288 e. The molecule has 0 aromatic carbocycles. The number of aromatic nitrogens is 1. The van der Waals surface area contributed by atoms with Crippen molar-refractivity contribution in [1.29, 1.82) is 0 Å². The first-order valence-corrected chi connectivity index (χ1v) is 5.44. The van der Waals surface area contributed by atoms with Crippen molar-refractivity contribution >= 4 is 17.1 Å². The summed E-state index contributed by atoms with van der Waals surface area (Å²) in [5, 5.41) is -0.984. The van der Waals surface area contributed by atoms with Crippen LogP contribution in [-0.2, 0) is 6.18 Å². The molecule has 0 unspecified atom stereocenters. The van der Waals surface area contributed by atoms with Gasteiger partial charge in [-0.1, -0.05) is 13.0 Å². The lowest BCUT2D eigenvalue weighted by Gasteiger charge is -2.00. The summed E-state index contributed by atoms with van der Waals surface area (Å²) in [6.07, 6.45) is -1.40. The van der Waals surface area contributed by atoms with Crippen LogP contribution in [0.1, 0.15) is 34.9 Å². The van der Waals surface area contributed by atoms with E-state index in [1.54, 1.807) is 19.9 Å². The van der Waals surface area contributed by atoms with E-state index in [-0.39, 0.29) is 10.7 Å². The molecule has 1 aromatic rings. The van der Waals surface area contributed by atoms with E-state index in [0.717, 1.165) is 6.20 Å². The standard InChI is InChI=1S/C10H10F3NOS/c1-3-6(4-2)8(15)7-5-14-9(16-7)10(11,12)13/h3,5H,4H2,1-2H3. The van der Waals surface area contributed by atoms with Crippen molar-refractivity contribution in [3.05, 3.63) is 27.7 Å². The summed E-state index contributed by atoms with van der Waals surface area (Å²) < 4.78 is 36.8. The molecule has 0 bridgehead atoms. The molecule has 0 N–H and O–H groups in total. The molecule has 0 saturated heterocycles. The number of carbonyl (C=O) groups excluding carboxylic acids is 1. The molecule has 1 aromatic heterocycles. The molecule has 1 heterocycles. The van der Waals surface area contributed by atoms with Crippen LogP contribution in [0.25, 0.3) is 0 Å². The van der Waals surface area contributed by atoms with Crippen LogP contribution < -0.4 is 0 Å². The van der Waals surface area contributed by atoms with Crippen molar-refractivity contribution in [3.8, 4) is 0 Å². The zero-order chi connectivity index (χ0) is 12.3. The Morgan fingerprint density at radius 2 is 2.19 bits per heavy atom. The molecular weight excluding hydrogens is 239 g/mol. The number of ketones is 1. The van der Waals surface area contributed by atoms with E-state index in [2.05, 4.69) is 4.98 Å². The Labute approximate surface area is 94.8 Å². The van der Waals surface area contributed by atoms with Crippen molar-refractivity contribution in [2.45, 2.75) is 26.4 Å². The Bertz CT molecular complexity index is 420. The number of hydrogen-bond acceptors (Lipinski definition) is 3. The molecule has 0 aliphatic heterocycles. The summed E-state index contributed by atoms with van der Waals surface area (Å²) in [7, 11) is 0. The molecule has 0 amide bonds. The molecule has 0 aliphatic carbocycles. The minimum atomic E-state index is -4.48. The number of Topliss-reactive ketones (excluding diaryl/α,β-unsaturated/α-hetero) is 1. The summed E-state index contributed by atoms with van der Waals surface area (Å²) in [5.74, 6) is -0.377. The lowest BCUT2D eigenvalue weighted by Crippen LogP contribution is -2.03. The van der Waals surface area contributed by atoms with E-state index in [4.69, 9.17) is 0 Å². The van der Waals surface area contributed by atoms with Gasteiger partial charge >= 0.3 is 6.18 Å². The van der Waals surface area contributed by atoms with E-state index in [0.29, 0.717) is 23.3 Å². The molecule has 1 rings (SSSR count). The number of alkyl halides is 3. The lowest BCUT2D eigenvalue weighted by atomic mass is 10.1. The van der Waals surface area contributed by atoms with E-state index in [1.807, 2.05) is 0 Å². The predicted octanol–water partition coefficient (Wildman–Crippen LogP) is 3.70. The third-order valence-corrected chi connectivity index (χ3v) is 3.03. The number of carbonyl (C=O) groups is 1. The van der Waals surface area contributed by atoms with Gasteiger partial charge in [-0.15, -0.1) is 11.3 Å². The Balaban J connectivity index is 2.99. The van der Waals surface area contributed by atoms with Gasteiger partial charge in [-0.05, 0) is 18.9 Å². The molecular formula is C10H10F3NOS. The Hall–Kier alpha value is -1.17. The maximum atomic E-state index is 12.3. The molecule has 16 heavy (non-hydrogen) atoms. The van der Waals surface area contributed by atoms with Gasteiger partial charge in [0, 0.05) is 6.20 Å². The van der Waals surface area contributed by atoms with Crippen molar-refractivity contribution in [3.63, 3.8) is 0 Å². The minimum Gasteiger partial charge on any atom is -0.288 e. The molecule has 0 spiro atoms. The Morgan fingerprint density at radius 1 is 1.56 bits per heavy atom. The summed E-state index contributed by atoms with van der Waals surface area (Å²) >= 11 is 0.381. The van der Waals surface area contributed by atoms with E-state index in [9.17, 15) is 18.0 Å². The van der Waals surface area contributed by atoms with Gasteiger partial charge in [0.1, 0.15) is 0 Å². The van der Waals surface area contributed by atoms with E-state index in [1.165, 1.54) is 0 Å². The highest BCUT2D eigenvalue weighted by Crippen LogP contribution is 2.33. The number of nitrogens with zero attached hydrogens (tertiary/aromatic N) is 1. The molecule has 2 nitrogen and oxygen atoms in total. The first-order valence-electron chi connectivity index (χ1n) is 4.63. The quantitative estimate of drug-likeness (QED) is 0.604. The molecule has 0 fully saturated rings. The van der Waals surface area contributed by atoms with Crippen LogP contribution in [0.4, 0.5) is 13.2 Å². The number of thiazole rings is 1. The second-order valence-electron chi connectivity index (χ2n) is 3.02. The van der Waals surface area contributed by atoms with Gasteiger partial charge < -0.3 is 0 Å². The normalized spacial score (nSPS) is 12.9. The van der Waals surface area contributed by atoms with Crippen LogP contribution in [-0.4, -0.2) is 10.8 Å². The van der Waals surface area contributed by atoms with Gasteiger partial charge in [-0.25, -0.2) is 4.98 Å². The Kier molecular flexibility index (Phi) is 3.85. The average molecular weight is 249 g/mol. The fourth-order valence-corrected chi connectivity index (χ4v) is 1.92. The molecule has 6 heteroatoms. The predicted molar refractivity (Wildman–Crippen MR) is 55.5 cm³/mol. The van der Waals surface area contributed by atoms with E-state index >= 15 is 0 Å². The summed E-state index contributed by atoms with van der Waals surface area (Å²) in [6.45, 7) is 3.46. The van der Waals surface area contributed by atoms with Crippen molar-refractivity contribution in [2.75, 3.05) is 0 Å². The van der Waals surface area contributed by atoms with Crippen molar-refractivity contribution in [1.82, 2.24) is 4.98 Å². The number of rotatable bonds is 3. The zero-order valence-electron chi connectivity index (χ0n) is 8.76. The topological polar surface area (TPSA) is 30.0 Å². The Morgan fingerprint density at radius 3 is 2.56 bits per heavy atom. The van der Waals surface area contributed by atoms with Gasteiger partial charge in [-0.2, -0.15) is 13.2 Å². The second kappa shape index (κ2) is 4.78. The van der Waals surface area contributed by atoms with Gasteiger partial charge in [0.15, 0.2) is 10.8 Å². The molecule has 0 atom stereocenters. The maximum absolute atomic E-state index is 12.3. The van der Waals surface area contributed by atoms with Gasteiger partial charge in [0.2, 0.25) is 0 Å². The third-order valence-electron chi connectivity index (χ3n) is 1.99. The minimum absolute atomic E-state index is 0.0299. The fourth-order valence-electron chi connectivity index (χ4n) is 1.16. The first kappa shape index (κ1) is 12.9. The SMILES string of the molecule is CC=C(CC)C(=O)c1cnc(C(F)(F)F)s1. The van der Waals surface area contributed by atoms with E-state index < -0.39 is 11.2 Å². The molecule has 88 valence electrons. The summed E-state index contributed by atoms with van der Waals surface area (Å²) in [4.78, 5) is 14.9. The lowest BCUT2D eigenvalue weighted by molar-refractivity contribution is -0.137. The summed E-state index contributed by atoms with van der Waals surface area (Å²) in [5.41, 5.74) is 0.498. The fraction of sp³-hybridized carbons (Fsp3) is 0.400. The highest BCUT2D eigenvalue weighted by molar-refractivity contribution is 7.13. The highest BCUT2D eigenvalue weighted by atomic mass is 32.1. The number of allylic oxidation sites excluding steroid dienone is 2. The van der Waals surface area contributed by atoms with Crippen molar-refractivity contribution in [2.24, 2.45) is 0 Å². The van der Waals surface area contributed by atoms with Crippen LogP contribution in [0, 0.1) is 0 Å². The average Bonchev–Trinajstić information content (AvgIpc) is 2.67. The summed E-state index contributed by atoms with van der Waals surface area (Å²) in [6, 6.07) is 0. The van der Waals surface area contributed by atoms with Crippen molar-refractivity contribution < 1.29 is 18.0 Å². The van der Waals surface area contributed by atoms with Crippen LogP contribution in [0.15, 0.2) is 17.8 Å². The molecule has 0 saturated carbocycles. The monoisotopic (exact) mass is 249 g/mol. The van der Waals surface area contributed by atoms with Crippen LogP contribution in [0.3, 0.4) is 0 Å². The third kappa shape index (κ3) is 2.69. The number of halogens is 3. The maximum Gasteiger partial charge on any atom is 0.443 e. The van der Waals surface area contributed by atoms with Gasteiger partial charge in [-0.3, -0.25) is 4.79 Å². The van der Waals surface area contributed by atoms with Crippen LogP contribution in [0.2, 0.25) is 0 Å². The molecule has 0 radical (unpaired) electrons. The largest absolute Gasteiger partial charge is 0.443 e.